The summed E-state index contributed by atoms with van der Waals surface area (Å²) in [7, 11) is 0. The van der Waals surface area contributed by atoms with Crippen LogP contribution < -0.4 is 0 Å². The molecule has 0 spiro atoms. The minimum Gasteiger partial charge on any atom is -0.258 e. The Hall–Kier alpha value is -1.56. The molecule has 1 heterocycles. The number of fused-ring (bicyclic) bond motifs is 1. The summed E-state index contributed by atoms with van der Waals surface area (Å²) >= 11 is 3.68. The van der Waals surface area contributed by atoms with Crippen molar-refractivity contribution in [2.45, 2.75) is 24.1 Å². The molecule has 0 saturated heterocycles. The van der Waals surface area contributed by atoms with E-state index in [1.54, 1.807) is 12.1 Å². The van der Waals surface area contributed by atoms with Gasteiger partial charge in [0, 0.05) is 28.8 Å². The van der Waals surface area contributed by atoms with E-state index < -0.39 is 0 Å². The molecule has 0 aliphatic heterocycles. The van der Waals surface area contributed by atoms with Crippen molar-refractivity contribution in [3.8, 4) is 0 Å². The number of aromatic nitrogens is 2. The lowest BCUT2D eigenvalue weighted by Gasteiger charge is -2.09. The second-order valence-electron chi connectivity index (χ2n) is 4.84. The van der Waals surface area contributed by atoms with Crippen molar-refractivity contribution in [1.82, 2.24) is 9.97 Å². The molecule has 0 radical (unpaired) electrons. The lowest BCUT2D eigenvalue weighted by molar-refractivity contribution is -0.384. The predicted molar refractivity (Wildman–Crippen MR) is 75.3 cm³/mol. The Kier molecular flexibility index (Phi) is 3.18. The normalized spacial score (nSPS) is 16.5. The molecule has 5 nitrogen and oxygen atoms in total. The van der Waals surface area contributed by atoms with Crippen molar-refractivity contribution < 1.29 is 4.92 Å². The quantitative estimate of drug-likeness (QED) is 0.492. The second kappa shape index (κ2) is 4.85. The van der Waals surface area contributed by atoms with E-state index in [1.807, 2.05) is 0 Å². The van der Waals surface area contributed by atoms with E-state index in [4.69, 9.17) is 0 Å². The van der Waals surface area contributed by atoms with E-state index in [0.717, 1.165) is 23.0 Å². The molecule has 6 heteroatoms. The summed E-state index contributed by atoms with van der Waals surface area (Å²) in [5, 5.41) is 11.6. The number of benzene rings is 1. The molecule has 1 aromatic heterocycles. The molecule has 0 bridgehead atoms. The summed E-state index contributed by atoms with van der Waals surface area (Å²) < 4.78 is 0. The minimum atomic E-state index is -0.386. The highest BCUT2D eigenvalue weighted by Gasteiger charge is 2.30. The van der Waals surface area contributed by atoms with E-state index in [0.29, 0.717) is 10.7 Å². The van der Waals surface area contributed by atoms with Crippen LogP contribution in [-0.2, 0) is 6.42 Å². The highest BCUT2D eigenvalue weighted by atomic mass is 79.9. The third kappa shape index (κ3) is 2.58. The summed E-state index contributed by atoms with van der Waals surface area (Å²) in [6.07, 6.45) is 4.80. The molecule has 1 aromatic carbocycles. The number of rotatable bonds is 4. The van der Waals surface area contributed by atoms with Gasteiger partial charge in [-0.15, -0.1) is 0 Å². The molecular formula is C13H12BrN3O2. The fraction of sp³-hybridized carbons (Fsp3) is 0.385. The lowest BCUT2D eigenvalue weighted by Crippen LogP contribution is -2.07. The van der Waals surface area contributed by atoms with Crippen LogP contribution in [0.3, 0.4) is 0 Å². The van der Waals surface area contributed by atoms with Crippen molar-refractivity contribution in [3.05, 3.63) is 40.3 Å². The zero-order chi connectivity index (χ0) is 13.4. The van der Waals surface area contributed by atoms with Crippen LogP contribution >= 0.6 is 15.9 Å². The average molecular weight is 322 g/mol. The first kappa shape index (κ1) is 12.5. The van der Waals surface area contributed by atoms with Gasteiger partial charge in [-0.1, -0.05) is 15.9 Å². The monoisotopic (exact) mass is 321 g/mol. The second-order valence-corrected chi connectivity index (χ2v) is 6.01. The first-order chi connectivity index (χ1) is 9.15. The average Bonchev–Trinajstić information content (AvgIpc) is 3.22. The van der Waals surface area contributed by atoms with Gasteiger partial charge < -0.3 is 0 Å². The van der Waals surface area contributed by atoms with Crippen LogP contribution in [0.5, 0.6) is 0 Å². The van der Waals surface area contributed by atoms with E-state index >= 15 is 0 Å². The van der Waals surface area contributed by atoms with Gasteiger partial charge in [0.25, 0.3) is 5.69 Å². The van der Waals surface area contributed by atoms with Gasteiger partial charge in [0.05, 0.1) is 16.1 Å². The van der Waals surface area contributed by atoms with Gasteiger partial charge >= 0.3 is 0 Å². The van der Waals surface area contributed by atoms with Gasteiger partial charge in [-0.2, -0.15) is 0 Å². The molecule has 0 N–H and O–H groups in total. The zero-order valence-corrected chi connectivity index (χ0v) is 11.7. The summed E-state index contributed by atoms with van der Waals surface area (Å²) in [5.74, 6) is 0.712. The topological polar surface area (TPSA) is 68.9 Å². The van der Waals surface area contributed by atoms with E-state index in [1.165, 1.54) is 25.2 Å². The first-order valence-corrected chi connectivity index (χ1v) is 7.09. The molecule has 3 rings (SSSR count). The van der Waals surface area contributed by atoms with Gasteiger partial charge in [-0.3, -0.25) is 10.1 Å². The molecule has 1 aliphatic rings. The Labute approximate surface area is 118 Å². The van der Waals surface area contributed by atoms with E-state index in [-0.39, 0.29) is 10.6 Å². The van der Waals surface area contributed by atoms with Gasteiger partial charge in [-0.05, 0) is 24.8 Å². The molecule has 1 unspecified atom stereocenters. The fourth-order valence-corrected chi connectivity index (χ4v) is 3.02. The number of nitro benzene ring substituents is 1. The smallest absolute Gasteiger partial charge is 0.258 e. The molecule has 1 fully saturated rings. The summed E-state index contributed by atoms with van der Waals surface area (Å²) in [4.78, 5) is 19.3. The Morgan fingerprint density at radius 3 is 2.89 bits per heavy atom. The highest BCUT2D eigenvalue weighted by Crippen LogP contribution is 2.38. The van der Waals surface area contributed by atoms with Crippen LogP contribution in [0.15, 0.2) is 24.5 Å². The molecule has 98 valence electrons. The molecule has 19 heavy (non-hydrogen) atoms. The maximum atomic E-state index is 10.9. The molecule has 1 saturated carbocycles. The van der Waals surface area contributed by atoms with Gasteiger partial charge in [-0.25, -0.2) is 9.97 Å². The van der Waals surface area contributed by atoms with Crippen molar-refractivity contribution in [2.24, 2.45) is 5.92 Å². The predicted octanol–water partition coefficient (Wildman–Crippen LogP) is 3.25. The van der Waals surface area contributed by atoms with E-state index in [9.17, 15) is 10.1 Å². The molecule has 1 atom stereocenters. The molecule has 1 aliphatic carbocycles. The fourth-order valence-electron chi connectivity index (χ4n) is 2.18. The molecule has 2 aromatic rings. The van der Waals surface area contributed by atoms with Crippen LogP contribution in [0.4, 0.5) is 5.69 Å². The van der Waals surface area contributed by atoms with Crippen LogP contribution in [-0.4, -0.2) is 19.7 Å². The van der Waals surface area contributed by atoms with Crippen LogP contribution in [0.1, 0.15) is 18.5 Å². The Morgan fingerprint density at radius 1 is 1.42 bits per heavy atom. The largest absolute Gasteiger partial charge is 0.270 e. The number of hydrogen-bond donors (Lipinski definition) is 0. The third-order valence-electron chi connectivity index (χ3n) is 3.43. The van der Waals surface area contributed by atoms with Gasteiger partial charge in [0.2, 0.25) is 0 Å². The number of halogens is 1. The number of nitrogens with zero attached hydrogens (tertiary/aromatic N) is 3. The van der Waals surface area contributed by atoms with Crippen molar-refractivity contribution in [2.75, 3.05) is 0 Å². The van der Waals surface area contributed by atoms with Crippen LogP contribution in [0.2, 0.25) is 0 Å². The molecule has 0 amide bonds. The van der Waals surface area contributed by atoms with Crippen molar-refractivity contribution in [1.29, 1.82) is 0 Å². The first-order valence-electron chi connectivity index (χ1n) is 6.17. The Morgan fingerprint density at radius 2 is 2.21 bits per heavy atom. The van der Waals surface area contributed by atoms with E-state index in [2.05, 4.69) is 25.9 Å². The number of nitro groups is 1. The van der Waals surface area contributed by atoms with Crippen molar-refractivity contribution in [3.63, 3.8) is 0 Å². The Bertz CT molecular complexity index is 643. The van der Waals surface area contributed by atoms with Gasteiger partial charge in [0.1, 0.15) is 6.33 Å². The summed E-state index contributed by atoms with van der Waals surface area (Å²) in [6.45, 7) is 0. The van der Waals surface area contributed by atoms with Crippen LogP contribution in [0, 0.1) is 16.0 Å². The van der Waals surface area contributed by atoms with Crippen molar-refractivity contribution >= 4 is 32.5 Å². The summed E-state index contributed by atoms with van der Waals surface area (Å²) in [6, 6.07) is 4.72. The zero-order valence-electron chi connectivity index (χ0n) is 10.1. The molecular weight excluding hydrogens is 310 g/mol. The number of hydrogen-bond acceptors (Lipinski definition) is 4. The number of non-ortho nitro benzene ring substituents is 1. The maximum Gasteiger partial charge on any atom is 0.270 e. The number of alkyl halides is 1. The van der Waals surface area contributed by atoms with Crippen LogP contribution in [0.25, 0.3) is 10.9 Å². The maximum absolute atomic E-state index is 10.9. The highest BCUT2D eigenvalue weighted by molar-refractivity contribution is 9.09. The SMILES string of the molecule is O=[N+]([O-])c1ccc2ncnc(CC(Br)C3CC3)c2c1. The van der Waals surface area contributed by atoms with Gasteiger partial charge in [0.15, 0.2) is 0 Å². The Balaban J connectivity index is 2.01. The minimum absolute atomic E-state index is 0.0843. The lowest BCUT2D eigenvalue weighted by atomic mass is 10.1. The standard InChI is InChI=1S/C13H12BrN3O2/c14-11(8-1-2-8)6-13-10-5-9(17(18)19)3-4-12(10)15-7-16-13/h3-5,7-8,11H,1-2,6H2. The third-order valence-corrected chi connectivity index (χ3v) is 4.51. The summed E-state index contributed by atoms with van der Waals surface area (Å²) in [5.41, 5.74) is 1.72.